The van der Waals surface area contributed by atoms with Crippen molar-refractivity contribution in [1.82, 2.24) is 5.16 Å². The second-order valence-corrected chi connectivity index (χ2v) is 3.14. The summed E-state index contributed by atoms with van der Waals surface area (Å²) < 4.78 is 19.9. The summed E-state index contributed by atoms with van der Waals surface area (Å²) in [6.07, 6.45) is 0. The normalized spacial score (nSPS) is 10.6. The average Bonchev–Trinajstić information content (AvgIpc) is 2.77. The second-order valence-electron chi connectivity index (χ2n) is 3.14. The third kappa shape index (κ3) is 5.43. The summed E-state index contributed by atoms with van der Waals surface area (Å²) in [5.74, 6) is -0.748. The molecule has 0 aliphatic carbocycles. The zero-order valence-corrected chi connectivity index (χ0v) is 9.55. The highest BCUT2D eigenvalue weighted by Gasteiger charge is 2.10. The molecule has 0 bridgehead atoms. The van der Waals surface area contributed by atoms with Crippen LogP contribution in [0.4, 0.5) is 0 Å². The topological polar surface area (TPSA) is 91.0 Å². The molecule has 96 valence electrons. The smallest absolute Gasteiger partial charge is 0.358 e. The minimum absolute atomic E-state index is 0.125. The van der Waals surface area contributed by atoms with Crippen LogP contribution in [-0.2, 0) is 20.8 Å². The van der Waals surface area contributed by atoms with Crippen LogP contribution < -0.4 is 0 Å². The van der Waals surface area contributed by atoms with Gasteiger partial charge in [0.2, 0.25) is 0 Å². The first-order valence-electron chi connectivity index (χ1n) is 5.07. The lowest BCUT2D eigenvalue weighted by molar-refractivity contribution is 0.0151. The van der Waals surface area contributed by atoms with Crippen LogP contribution in [0.5, 0.6) is 0 Å². The number of carboxylic acid groups (broad SMARTS) is 1. The summed E-state index contributed by atoms with van der Waals surface area (Å²) in [6, 6.07) is 1.33. The van der Waals surface area contributed by atoms with Crippen molar-refractivity contribution in [2.75, 3.05) is 33.5 Å². The molecule has 1 rings (SSSR count). The summed E-state index contributed by atoms with van der Waals surface area (Å²) in [6.45, 7) is 2.08. The predicted octanol–water partition coefficient (Wildman–Crippen LogP) is 0.552. The molecule has 0 atom stereocenters. The van der Waals surface area contributed by atoms with Crippen molar-refractivity contribution in [2.24, 2.45) is 0 Å². The molecule has 1 heterocycles. The van der Waals surface area contributed by atoms with Gasteiger partial charge in [0.1, 0.15) is 6.61 Å². The molecule has 7 nitrogen and oxygen atoms in total. The van der Waals surface area contributed by atoms with E-state index in [9.17, 15) is 4.79 Å². The van der Waals surface area contributed by atoms with Crippen LogP contribution >= 0.6 is 0 Å². The standard InChI is InChI=1S/C10H15NO6/c1-14-2-3-15-4-5-16-7-8-6-9(10(12)13)11-17-8/h6H,2-5,7H2,1H3,(H,12,13). The van der Waals surface area contributed by atoms with Gasteiger partial charge in [-0.15, -0.1) is 0 Å². The Kier molecular flexibility index (Phi) is 6.23. The number of carbonyl (C=O) groups is 1. The van der Waals surface area contributed by atoms with Crippen molar-refractivity contribution in [3.05, 3.63) is 17.5 Å². The van der Waals surface area contributed by atoms with Gasteiger partial charge in [-0.25, -0.2) is 4.79 Å². The highest BCUT2D eigenvalue weighted by atomic mass is 16.5. The van der Waals surface area contributed by atoms with E-state index in [1.165, 1.54) is 6.07 Å². The highest BCUT2D eigenvalue weighted by Crippen LogP contribution is 2.04. The second kappa shape index (κ2) is 7.77. The highest BCUT2D eigenvalue weighted by molar-refractivity contribution is 5.85. The summed E-state index contributed by atoms with van der Waals surface area (Å²) in [5.41, 5.74) is -0.125. The van der Waals surface area contributed by atoms with Crippen LogP contribution in [0.15, 0.2) is 10.6 Å². The zero-order valence-electron chi connectivity index (χ0n) is 9.55. The monoisotopic (exact) mass is 245 g/mol. The third-order valence-electron chi connectivity index (χ3n) is 1.83. The number of carboxylic acids is 1. The Balaban J connectivity index is 2.07. The van der Waals surface area contributed by atoms with Gasteiger partial charge in [-0.3, -0.25) is 0 Å². The average molecular weight is 245 g/mol. The SMILES string of the molecule is COCCOCCOCc1cc(C(=O)O)no1. The number of hydrogen-bond donors (Lipinski definition) is 1. The number of ether oxygens (including phenoxy) is 3. The Bertz CT molecular complexity index is 337. The molecule has 0 aromatic carbocycles. The molecule has 1 aromatic heterocycles. The summed E-state index contributed by atoms with van der Waals surface area (Å²) in [7, 11) is 1.60. The molecule has 0 amide bonds. The van der Waals surface area contributed by atoms with E-state index in [1.54, 1.807) is 7.11 Å². The quantitative estimate of drug-likeness (QED) is 0.635. The Morgan fingerprint density at radius 2 is 2.06 bits per heavy atom. The largest absolute Gasteiger partial charge is 0.476 e. The minimum Gasteiger partial charge on any atom is -0.476 e. The number of aromatic carboxylic acids is 1. The van der Waals surface area contributed by atoms with Crippen LogP contribution in [0.1, 0.15) is 16.2 Å². The number of aromatic nitrogens is 1. The van der Waals surface area contributed by atoms with Crippen LogP contribution in [0.2, 0.25) is 0 Å². The molecule has 17 heavy (non-hydrogen) atoms. The fourth-order valence-corrected chi connectivity index (χ4v) is 1.02. The first-order chi connectivity index (χ1) is 8.24. The van der Waals surface area contributed by atoms with Gasteiger partial charge in [-0.1, -0.05) is 5.16 Å². The number of rotatable bonds is 9. The third-order valence-corrected chi connectivity index (χ3v) is 1.83. The lowest BCUT2D eigenvalue weighted by Gasteiger charge is -2.03. The molecule has 0 spiro atoms. The van der Waals surface area contributed by atoms with E-state index in [0.29, 0.717) is 32.2 Å². The Hall–Kier alpha value is -1.44. The van der Waals surface area contributed by atoms with E-state index < -0.39 is 5.97 Å². The fraction of sp³-hybridized carbons (Fsp3) is 0.600. The Labute approximate surface area is 98.2 Å². The number of methoxy groups -OCH3 is 1. The van der Waals surface area contributed by atoms with Crippen LogP contribution in [0.25, 0.3) is 0 Å². The zero-order chi connectivity index (χ0) is 12.5. The lowest BCUT2D eigenvalue weighted by atomic mass is 10.4. The predicted molar refractivity (Wildman–Crippen MR) is 55.8 cm³/mol. The van der Waals surface area contributed by atoms with Gasteiger partial charge in [-0.2, -0.15) is 0 Å². The van der Waals surface area contributed by atoms with Crippen molar-refractivity contribution >= 4 is 5.97 Å². The van der Waals surface area contributed by atoms with Gasteiger partial charge < -0.3 is 23.8 Å². The molecule has 1 aromatic rings. The Morgan fingerprint density at radius 3 is 2.71 bits per heavy atom. The summed E-state index contributed by atoms with van der Waals surface area (Å²) in [4.78, 5) is 10.5. The molecule has 0 aliphatic rings. The molecule has 7 heteroatoms. The van der Waals surface area contributed by atoms with Crippen LogP contribution in [0.3, 0.4) is 0 Å². The molecular formula is C10H15NO6. The molecule has 1 N–H and O–H groups in total. The first kappa shape index (κ1) is 13.6. The molecule has 0 saturated heterocycles. The minimum atomic E-state index is -1.12. The molecule has 0 saturated carbocycles. The molecule has 0 radical (unpaired) electrons. The molecular weight excluding hydrogens is 230 g/mol. The van der Waals surface area contributed by atoms with E-state index in [4.69, 9.17) is 23.8 Å². The molecule has 0 fully saturated rings. The van der Waals surface area contributed by atoms with Gasteiger partial charge in [0.15, 0.2) is 11.5 Å². The Morgan fingerprint density at radius 1 is 1.35 bits per heavy atom. The van der Waals surface area contributed by atoms with Crippen molar-refractivity contribution in [3.63, 3.8) is 0 Å². The van der Waals surface area contributed by atoms with Gasteiger partial charge in [0, 0.05) is 13.2 Å². The van der Waals surface area contributed by atoms with Gasteiger partial charge in [-0.05, 0) is 0 Å². The van der Waals surface area contributed by atoms with Crippen molar-refractivity contribution in [1.29, 1.82) is 0 Å². The first-order valence-corrected chi connectivity index (χ1v) is 5.07. The maximum atomic E-state index is 10.5. The van der Waals surface area contributed by atoms with Crippen molar-refractivity contribution < 1.29 is 28.6 Å². The molecule has 0 unspecified atom stereocenters. The summed E-state index contributed by atoms with van der Waals surface area (Å²) in [5, 5.41) is 11.9. The van der Waals surface area contributed by atoms with E-state index in [-0.39, 0.29) is 12.3 Å². The van der Waals surface area contributed by atoms with Gasteiger partial charge in [0.25, 0.3) is 0 Å². The van der Waals surface area contributed by atoms with E-state index >= 15 is 0 Å². The number of hydrogen-bond acceptors (Lipinski definition) is 6. The van der Waals surface area contributed by atoms with Crippen LogP contribution in [0, 0.1) is 0 Å². The van der Waals surface area contributed by atoms with Gasteiger partial charge >= 0.3 is 5.97 Å². The fourth-order valence-electron chi connectivity index (χ4n) is 1.02. The van der Waals surface area contributed by atoms with E-state index in [1.807, 2.05) is 0 Å². The maximum absolute atomic E-state index is 10.5. The summed E-state index contributed by atoms with van der Waals surface area (Å²) >= 11 is 0. The van der Waals surface area contributed by atoms with Crippen LogP contribution in [-0.4, -0.2) is 49.8 Å². The lowest BCUT2D eigenvalue weighted by Crippen LogP contribution is -2.08. The van der Waals surface area contributed by atoms with E-state index in [0.717, 1.165) is 0 Å². The number of nitrogens with zero attached hydrogens (tertiary/aromatic N) is 1. The van der Waals surface area contributed by atoms with E-state index in [2.05, 4.69) is 5.16 Å². The van der Waals surface area contributed by atoms with Gasteiger partial charge in [0.05, 0.1) is 26.4 Å². The maximum Gasteiger partial charge on any atom is 0.358 e. The van der Waals surface area contributed by atoms with Crippen molar-refractivity contribution in [3.8, 4) is 0 Å². The van der Waals surface area contributed by atoms with Crippen molar-refractivity contribution in [2.45, 2.75) is 6.61 Å². The molecule has 0 aliphatic heterocycles.